The number of aliphatic hydroxyl groups excluding tert-OH is 1. The lowest BCUT2D eigenvalue weighted by atomic mass is 9.74. The molecule has 0 bridgehead atoms. The van der Waals surface area contributed by atoms with Crippen molar-refractivity contribution in [1.29, 1.82) is 0 Å². The van der Waals surface area contributed by atoms with Crippen molar-refractivity contribution < 1.29 is 5.11 Å². The van der Waals surface area contributed by atoms with Gasteiger partial charge in [0.2, 0.25) is 0 Å². The van der Waals surface area contributed by atoms with Crippen LogP contribution in [0.3, 0.4) is 0 Å². The molecule has 0 amide bonds. The van der Waals surface area contributed by atoms with Gasteiger partial charge in [0.25, 0.3) is 0 Å². The standard InChI is InChI=1S/C15H23NO/c1-2-13-7-3-4-8-14(13)15(17)10-12-6-5-9-16-11-12/h5-6,9,11,13-15,17H,2-4,7-8,10H2,1H3. The number of hydrogen-bond donors (Lipinski definition) is 1. The summed E-state index contributed by atoms with van der Waals surface area (Å²) in [7, 11) is 0. The van der Waals surface area contributed by atoms with Gasteiger partial charge in [0.05, 0.1) is 6.10 Å². The van der Waals surface area contributed by atoms with Gasteiger partial charge in [-0.25, -0.2) is 0 Å². The summed E-state index contributed by atoms with van der Waals surface area (Å²) in [6, 6.07) is 4.00. The van der Waals surface area contributed by atoms with Crippen molar-refractivity contribution in [1.82, 2.24) is 4.98 Å². The molecule has 3 unspecified atom stereocenters. The van der Waals surface area contributed by atoms with Crippen molar-refractivity contribution in [2.75, 3.05) is 0 Å². The predicted octanol–water partition coefficient (Wildman–Crippen LogP) is 3.20. The van der Waals surface area contributed by atoms with E-state index in [-0.39, 0.29) is 6.10 Å². The molecule has 0 aliphatic heterocycles. The Bertz CT molecular complexity index is 325. The number of pyridine rings is 1. The van der Waals surface area contributed by atoms with Crippen LogP contribution >= 0.6 is 0 Å². The highest BCUT2D eigenvalue weighted by molar-refractivity contribution is 5.10. The number of aliphatic hydroxyl groups is 1. The first kappa shape index (κ1) is 12.6. The molecule has 1 aromatic rings. The maximum Gasteiger partial charge on any atom is 0.0611 e. The number of aromatic nitrogens is 1. The lowest BCUT2D eigenvalue weighted by Crippen LogP contribution is -2.32. The van der Waals surface area contributed by atoms with Crippen molar-refractivity contribution in [2.24, 2.45) is 11.8 Å². The molecule has 2 nitrogen and oxygen atoms in total. The van der Waals surface area contributed by atoms with Crippen LogP contribution < -0.4 is 0 Å². The van der Waals surface area contributed by atoms with E-state index in [0.717, 1.165) is 17.9 Å². The molecule has 0 aromatic carbocycles. The van der Waals surface area contributed by atoms with E-state index >= 15 is 0 Å². The molecule has 0 spiro atoms. The van der Waals surface area contributed by atoms with Crippen LogP contribution in [0.5, 0.6) is 0 Å². The number of hydrogen-bond acceptors (Lipinski definition) is 2. The Hall–Kier alpha value is -0.890. The molecule has 1 heterocycles. The fourth-order valence-electron chi connectivity index (χ4n) is 3.16. The Morgan fingerprint density at radius 3 is 2.94 bits per heavy atom. The zero-order valence-corrected chi connectivity index (χ0v) is 10.7. The Balaban J connectivity index is 1.96. The fraction of sp³-hybridized carbons (Fsp3) is 0.667. The minimum Gasteiger partial charge on any atom is -0.392 e. The molecule has 1 N–H and O–H groups in total. The molecular formula is C15H23NO. The molecule has 0 radical (unpaired) electrons. The SMILES string of the molecule is CCC1CCCCC1C(O)Cc1cccnc1. The molecule has 3 atom stereocenters. The van der Waals surface area contributed by atoms with Crippen molar-refractivity contribution >= 4 is 0 Å². The van der Waals surface area contributed by atoms with E-state index in [1.807, 2.05) is 12.3 Å². The van der Waals surface area contributed by atoms with Gasteiger partial charge in [0, 0.05) is 18.8 Å². The second kappa shape index (κ2) is 6.15. The largest absolute Gasteiger partial charge is 0.392 e. The summed E-state index contributed by atoms with van der Waals surface area (Å²) in [4.78, 5) is 4.11. The van der Waals surface area contributed by atoms with Crippen LogP contribution in [0.25, 0.3) is 0 Å². The van der Waals surface area contributed by atoms with Crippen molar-refractivity contribution in [2.45, 2.75) is 51.6 Å². The highest BCUT2D eigenvalue weighted by Crippen LogP contribution is 2.35. The van der Waals surface area contributed by atoms with Gasteiger partial charge in [-0.05, 0) is 29.9 Å². The maximum atomic E-state index is 10.4. The molecule has 1 saturated carbocycles. The molecule has 1 aromatic heterocycles. The summed E-state index contributed by atoms with van der Waals surface area (Å²) in [6.45, 7) is 2.25. The van der Waals surface area contributed by atoms with E-state index in [0.29, 0.717) is 5.92 Å². The molecule has 1 fully saturated rings. The van der Waals surface area contributed by atoms with Crippen LogP contribution in [0.15, 0.2) is 24.5 Å². The van der Waals surface area contributed by atoms with E-state index in [1.165, 1.54) is 32.1 Å². The summed E-state index contributed by atoms with van der Waals surface area (Å²) < 4.78 is 0. The number of rotatable bonds is 4. The summed E-state index contributed by atoms with van der Waals surface area (Å²) in [5.41, 5.74) is 1.15. The van der Waals surface area contributed by atoms with E-state index in [2.05, 4.69) is 18.0 Å². The van der Waals surface area contributed by atoms with Gasteiger partial charge in [-0.15, -0.1) is 0 Å². The predicted molar refractivity (Wildman–Crippen MR) is 69.7 cm³/mol. The monoisotopic (exact) mass is 233 g/mol. The van der Waals surface area contributed by atoms with Crippen LogP contribution in [0.4, 0.5) is 0 Å². The van der Waals surface area contributed by atoms with Crippen LogP contribution in [-0.4, -0.2) is 16.2 Å². The van der Waals surface area contributed by atoms with Gasteiger partial charge in [-0.2, -0.15) is 0 Å². The first-order chi connectivity index (χ1) is 8.31. The zero-order chi connectivity index (χ0) is 12.1. The average molecular weight is 233 g/mol. The van der Waals surface area contributed by atoms with E-state index in [4.69, 9.17) is 0 Å². The van der Waals surface area contributed by atoms with Crippen LogP contribution in [-0.2, 0) is 6.42 Å². The lowest BCUT2D eigenvalue weighted by Gasteiger charge is -2.34. The summed E-state index contributed by atoms with van der Waals surface area (Å²) in [5.74, 6) is 1.21. The van der Waals surface area contributed by atoms with E-state index in [9.17, 15) is 5.11 Å². The van der Waals surface area contributed by atoms with E-state index < -0.39 is 0 Å². The quantitative estimate of drug-likeness (QED) is 0.866. The Labute approximate surface area is 104 Å². The van der Waals surface area contributed by atoms with Crippen molar-refractivity contribution in [3.8, 4) is 0 Å². The van der Waals surface area contributed by atoms with Crippen LogP contribution in [0.1, 0.15) is 44.6 Å². The molecular weight excluding hydrogens is 210 g/mol. The molecule has 1 aliphatic rings. The van der Waals surface area contributed by atoms with Crippen molar-refractivity contribution in [3.05, 3.63) is 30.1 Å². The molecule has 2 rings (SSSR count). The van der Waals surface area contributed by atoms with Gasteiger partial charge in [-0.3, -0.25) is 4.98 Å². The second-order valence-corrected chi connectivity index (χ2v) is 5.25. The third kappa shape index (κ3) is 3.29. The fourth-order valence-corrected chi connectivity index (χ4v) is 3.16. The van der Waals surface area contributed by atoms with Crippen LogP contribution in [0.2, 0.25) is 0 Å². The first-order valence-electron chi connectivity index (χ1n) is 6.88. The molecule has 17 heavy (non-hydrogen) atoms. The Morgan fingerprint density at radius 1 is 1.41 bits per heavy atom. The van der Waals surface area contributed by atoms with Crippen LogP contribution in [0, 0.1) is 11.8 Å². The van der Waals surface area contributed by atoms with Gasteiger partial charge < -0.3 is 5.11 Å². The summed E-state index contributed by atoms with van der Waals surface area (Å²) >= 11 is 0. The minimum absolute atomic E-state index is 0.190. The third-order valence-electron chi connectivity index (χ3n) is 4.15. The number of nitrogens with zero attached hydrogens (tertiary/aromatic N) is 1. The zero-order valence-electron chi connectivity index (χ0n) is 10.7. The molecule has 2 heteroatoms. The molecule has 1 aliphatic carbocycles. The molecule has 0 saturated heterocycles. The smallest absolute Gasteiger partial charge is 0.0611 e. The topological polar surface area (TPSA) is 33.1 Å². The van der Waals surface area contributed by atoms with Gasteiger partial charge >= 0.3 is 0 Å². The Morgan fingerprint density at radius 2 is 2.24 bits per heavy atom. The summed E-state index contributed by atoms with van der Waals surface area (Å²) in [6.07, 6.45) is 10.5. The van der Waals surface area contributed by atoms with Gasteiger partial charge in [0.1, 0.15) is 0 Å². The maximum absolute atomic E-state index is 10.4. The summed E-state index contributed by atoms with van der Waals surface area (Å²) in [5, 5.41) is 10.4. The van der Waals surface area contributed by atoms with Gasteiger partial charge in [-0.1, -0.05) is 38.7 Å². The molecule has 94 valence electrons. The minimum atomic E-state index is -0.190. The normalized spacial score (nSPS) is 26.7. The van der Waals surface area contributed by atoms with Gasteiger partial charge in [0.15, 0.2) is 0 Å². The highest BCUT2D eigenvalue weighted by Gasteiger charge is 2.29. The first-order valence-corrected chi connectivity index (χ1v) is 6.88. The highest BCUT2D eigenvalue weighted by atomic mass is 16.3. The Kier molecular flexibility index (Phi) is 4.55. The third-order valence-corrected chi connectivity index (χ3v) is 4.15. The lowest BCUT2D eigenvalue weighted by molar-refractivity contribution is 0.0464. The van der Waals surface area contributed by atoms with E-state index in [1.54, 1.807) is 6.20 Å². The average Bonchev–Trinajstić information content (AvgIpc) is 2.40. The second-order valence-electron chi connectivity index (χ2n) is 5.25. The van der Waals surface area contributed by atoms with Crippen molar-refractivity contribution in [3.63, 3.8) is 0 Å².